The van der Waals surface area contributed by atoms with Gasteiger partial charge >= 0.3 is 5.97 Å². The summed E-state index contributed by atoms with van der Waals surface area (Å²) in [5, 5.41) is 9.89. The van der Waals surface area contributed by atoms with Crippen LogP contribution in [0.1, 0.15) is 62.6 Å². The zero-order chi connectivity index (χ0) is 24.0. The van der Waals surface area contributed by atoms with E-state index in [1.165, 1.54) is 24.0 Å². The summed E-state index contributed by atoms with van der Waals surface area (Å²) in [7, 11) is 3.30. The van der Waals surface area contributed by atoms with Gasteiger partial charge in [-0.25, -0.2) is 0 Å². The number of benzene rings is 1. The van der Waals surface area contributed by atoms with Crippen molar-refractivity contribution in [2.45, 2.75) is 64.0 Å². The number of carbonyl (C=O) groups is 1. The van der Waals surface area contributed by atoms with Crippen molar-refractivity contribution in [2.75, 3.05) is 33.9 Å². The Balaban J connectivity index is 1.39. The van der Waals surface area contributed by atoms with E-state index in [1.807, 2.05) is 0 Å². The van der Waals surface area contributed by atoms with Gasteiger partial charge < -0.3 is 19.3 Å². The molecule has 0 amide bonds. The van der Waals surface area contributed by atoms with Gasteiger partial charge in [0.1, 0.15) is 6.10 Å². The van der Waals surface area contributed by atoms with Gasteiger partial charge in [-0.1, -0.05) is 19.1 Å². The molecule has 0 radical (unpaired) electrons. The van der Waals surface area contributed by atoms with E-state index in [9.17, 15) is 9.90 Å². The Hall–Kier alpha value is -2.05. The molecule has 2 aliphatic heterocycles. The number of allylic oxidation sites excluding steroid dienone is 1. The lowest BCUT2D eigenvalue weighted by molar-refractivity contribution is -0.146. The van der Waals surface area contributed by atoms with Gasteiger partial charge in [-0.3, -0.25) is 9.69 Å². The van der Waals surface area contributed by atoms with Crippen molar-refractivity contribution < 1.29 is 24.1 Å². The Morgan fingerprint density at radius 3 is 2.74 bits per heavy atom. The molecule has 1 aromatic rings. The van der Waals surface area contributed by atoms with Gasteiger partial charge in [-0.15, -0.1) is 0 Å². The molecule has 6 heteroatoms. The van der Waals surface area contributed by atoms with Gasteiger partial charge in [0.25, 0.3) is 0 Å². The van der Waals surface area contributed by atoms with Gasteiger partial charge in [-0.05, 0) is 79.5 Å². The number of hydrogen-bond acceptors (Lipinski definition) is 6. The molecule has 2 saturated carbocycles. The molecule has 0 spiro atoms. The summed E-state index contributed by atoms with van der Waals surface area (Å²) in [6.07, 6.45) is 7.02. The van der Waals surface area contributed by atoms with E-state index in [0.717, 1.165) is 43.5 Å². The molecular weight excluding hydrogens is 430 g/mol. The highest BCUT2D eigenvalue weighted by Gasteiger charge is 2.55. The van der Waals surface area contributed by atoms with E-state index < -0.39 is 0 Å². The molecule has 6 atom stereocenters. The van der Waals surface area contributed by atoms with Crippen molar-refractivity contribution in [1.29, 1.82) is 0 Å². The number of methoxy groups -OCH3 is 2. The predicted octanol–water partition coefficient (Wildman–Crippen LogP) is 4.30. The number of aliphatic hydroxyl groups excluding tert-OH is 1. The largest absolute Gasteiger partial charge is 0.493 e. The molecule has 4 aliphatic rings. The molecule has 5 rings (SSSR count). The smallest absolute Gasteiger partial charge is 0.310 e. The fourth-order valence-electron chi connectivity index (χ4n) is 7.48. The van der Waals surface area contributed by atoms with Crippen LogP contribution in [0.25, 0.3) is 0 Å². The highest BCUT2D eigenvalue weighted by molar-refractivity contribution is 5.75. The van der Waals surface area contributed by atoms with Crippen LogP contribution in [0, 0.1) is 23.2 Å². The van der Waals surface area contributed by atoms with Gasteiger partial charge in [0.2, 0.25) is 0 Å². The summed E-state index contributed by atoms with van der Waals surface area (Å²) in [4.78, 5) is 15.5. The molecule has 186 valence electrons. The fraction of sp³-hybridized carbons (Fsp3) is 0.679. The lowest BCUT2D eigenvalue weighted by Gasteiger charge is -2.50. The molecule has 1 N–H and O–H groups in total. The van der Waals surface area contributed by atoms with Crippen molar-refractivity contribution in [3.63, 3.8) is 0 Å². The summed E-state index contributed by atoms with van der Waals surface area (Å²) in [6.45, 7) is 8.42. The molecule has 1 aromatic carbocycles. The van der Waals surface area contributed by atoms with E-state index in [2.05, 4.69) is 30.5 Å². The molecule has 2 aliphatic carbocycles. The summed E-state index contributed by atoms with van der Waals surface area (Å²) in [5.74, 6) is 2.02. The Bertz CT molecular complexity index is 960. The summed E-state index contributed by atoms with van der Waals surface area (Å²) in [6, 6.07) is 4.15. The number of carbonyl (C=O) groups excluding carboxylic acids is 1. The van der Waals surface area contributed by atoms with E-state index in [-0.39, 0.29) is 42.0 Å². The minimum Gasteiger partial charge on any atom is -0.493 e. The number of rotatable bonds is 6. The van der Waals surface area contributed by atoms with Crippen LogP contribution in [-0.2, 0) is 16.0 Å². The first-order valence-electron chi connectivity index (χ1n) is 12.9. The maximum absolute atomic E-state index is 13.1. The number of aliphatic hydroxyl groups is 1. The summed E-state index contributed by atoms with van der Waals surface area (Å²) < 4.78 is 17.1. The highest BCUT2D eigenvalue weighted by Crippen LogP contribution is 2.57. The SMILES string of the molecule is C=C1CCC[C@]2(C)C[C@H]3OC(=O)[C@@H](CN4CCc5cc(OC)c(OC)cc5[C@@H]4CCO)[C@H]3C[C@H]12. The highest BCUT2D eigenvalue weighted by atomic mass is 16.6. The lowest BCUT2D eigenvalue weighted by atomic mass is 9.55. The van der Waals surface area contributed by atoms with Crippen LogP contribution in [0.4, 0.5) is 0 Å². The Labute approximate surface area is 203 Å². The van der Waals surface area contributed by atoms with Crippen LogP contribution < -0.4 is 9.47 Å². The first-order chi connectivity index (χ1) is 16.4. The molecular formula is C28H39NO5. The number of ether oxygens (including phenoxy) is 3. The second-order valence-electron chi connectivity index (χ2n) is 11.1. The minimum atomic E-state index is -0.118. The number of hydrogen-bond donors (Lipinski definition) is 1. The van der Waals surface area contributed by atoms with Gasteiger partial charge in [0.15, 0.2) is 11.5 Å². The third kappa shape index (κ3) is 3.93. The summed E-state index contributed by atoms with van der Waals surface area (Å²) in [5.41, 5.74) is 3.98. The zero-order valence-electron chi connectivity index (χ0n) is 20.8. The zero-order valence-corrected chi connectivity index (χ0v) is 20.8. The van der Waals surface area contributed by atoms with Crippen molar-refractivity contribution >= 4 is 5.97 Å². The third-order valence-electron chi connectivity index (χ3n) is 9.27. The molecule has 3 fully saturated rings. The molecule has 6 nitrogen and oxygen atoms in total. The standard InChI is InChI=1S/C28H39NO5/c1-17-6-5-9-28(2)15-26-20(13-22(17)28)21(27(31)34-26)16-29-10-7-18-12-24(32-3)25(33-4)14-19(18)23(29)8-11-30/h12,14,20-23,26,30H,1,5-11,13,15-16H2,2-4H3/t20-,21+,22-,23+,26-,28-/m1/s1. The molecule has 0 aromatic heterocycles. The van der Waals surface area contributed by atoms with E-state index in [0.29, 0.717) is 24.6 Å². The van der Waals surface area contributed by atoms with Crippen molar-refractivity contribution in [3.8, 4) is 11.5 Å². The van der Waals surface area contributed by atoms with Crippen LogP contribution in [0.2, 0.25) is 0 Å². The Kier molecular flexibility index (Phi) is 6.40. The minimum absolute atomic E-state index is 0.0300. The van der Waals surface area contributed by atoms with Crippen molar-refractivity contribution in [2.24, 2.45) is 23.2 Å². The average molecular weight is 470 g/mol. The van der Waals surface area contributed by atoms with Crippen LogP contribution in [-0.4, -0.2) is 56.0 Å². The number of nitrogens with zero attached hydrogens (tertiary/aromatic N) is 1. The Morgan fingerprint density at radius 2 is 2.00 bits per heavy atom. The first-order valence-corrected chi connectivity index (χ1v) is 12.9. The van der Waals surface area contributed by atoms with Crippen molar-refractivity contribution in [3.05, 3.63) is 35.4 Å². The van der Waals surface area contributed by atoms with E-state index in [1.54, 1.807) is 14.2 Å². The third-order valence-corrected chi connectivity index (χ3v) is 9.27. The van der Waals surface area contributed by atoms with Crippen molar-refractivity contribution in [1.82, 2.24) is 4.90 Å². The van der Waals surface area contributed by atoms with E-state index >= 15 is 0 Å². The maximum atomic E-state index is 13.1. The van der Waals surface area contributed by atoms with Crippen LogP contribution in [0.3, 0.4) is 0 Å². The number of esters is 1. The topological polar surface area (TPSA) is 68.2 Å². The molecule has 1 saturated heterocycles. The van der Waals surface area contributed by atoms with E-state index in [4.69, 9.17) is 14.2 Å². The molecule has 2 heterocycles. The second-order valence-corrected chi connectivity index (χ2v) is 11.1. The normalized spacial score (nSPS) is 35.2. The van der Waals surface area contributed by atoms with Crippen LogP contribution >= 0.6 is 0 Å². The first kappa shape index (κ1) is 23.7. The predicted molar refractivity (Wildman–Crippen MR) is 130 cm³/mol. The lowest BCUT2D eigenvalue weighted by Crippen LogP contribution is -2.46. The van der Waals surface area contributed by atoms with Gasteiger partial charge in [-0.2, -0.15) is 0 Å². The Morgan fingerprint density at radius 1 is 1.24 bits per heavy atom. The second kappa shape index (κ2) is 9.19. The van der Waals surface area contributed by atoms with Crippen LogP contribution in [0.15, 0.2) is 24.3 Å². The summed E-state index contributed by atoms with van der Waals surface area (Å²) >= 11 is 0. The van der Waals surface area contributed by atoms with Gasteiger partial charge in [0, 0.05) is 31.7 Å². The van der Waals surface area contributed by atoms with Crippen LogP contribution in [0.5, 0.6) is 11.5 Å². The number of fused-ring (bicyclic) bond motifs is 3. The fourth-order valence-corrected chi connectivity index (χ4v) is 7.48. The molecule has 0 unspecified atom stereocenters. The molecule has 34 heavy (non-hydrogen) atoms. The maximum Gasteiger partial charge on any atom is 0.310 e. The average Bonchev–Trinajstić information content (AvgIpc) is 3.11. The molecule has 0 bridgehead atoms. The van der Waals surface area contributed by atoms with Gasteiger partial charge in [0.05, 0.1) is 20.1 Å². The monoisotopic (exact) mass is 469 g/mol. The quantitative estimate of drug-likeness (QED) is 0.495.